The van der Waals surface area contributed by atoms with Crippen LogP contribution in [-0.4, -0.2) is 12.2 Å². The Kier molecular flexibility index (Phi) is 4.44. The maximum absolute atomic E-state index is 5.73. The lowest BCUT2D eigenvalue weighted by Crippen LogP contribution is -2.41. The average Bonchev–Trinajstić information content (AvgIpc) is 3.38. The molecule has 0 aromatic rings. The zero-order valence-electron chi connectivity index (χ0n) is 15.8. The fourth-order valence-electron chi connectivity index (χ4n) is 7.61. The Hall–Kier alpha value is -0.0400. The van der Waals surface area contributed by atoms with Crippen LogP contribution < -0.4 is 0 Å². The zero-order chi connectivity index (χ0) is 16.1. The van der Waals surface area contributed by atoms with Crippen molar-refractivity contribution >= 4 is 0 Å². The van der Waals surface area contributed by atoms with Crippen LogP contribution in [0.25, 0.3) is 0 Å². The molecule has 9 atom stereocenters. The fraction of sp³-hybridized carbons (Fsp3) is 1.00. The number of ether oxygens (including phenoxy) is 1. The highest BCUT2D eigenvalue weighted by Crippen LogP contribution is 2.54. The molecule has 1 saturated heterocycles. The van der Waals surface area contributed by atoms with Gasteiger partial charge in [-0.15, -0.1) is 0 Å². The van der Waals surface area contributed by atoms with Crippen molar-refractivity contribution in [3.63, 3.8) is 0 Å². The molecule has 4 aliphatic carbocycles. The van der Waals surface area contributed by atoms with E-state index in [-0.39, 0.29) is 0 Å². The van der Waals surface area contributed by atoms with E-state index in [0.29, 0.717) is 12.2 Å². The van der Waals surface area contributed by atoms with Crippen molar-refractivity contribution in [1.29, 1.82) is 0 Å². The Morgan fingerprint density at radius 3 is 2.08 bits per heavy atom. The highest BCUT2D eigenvalue weighted by atomic mass is 16.6. The van der Waals surface area contributed by atoms with E-state index >= 15 is 0 Å². The van der Waals surface area contributed by atoms with Gasteiger partial charge in [-0.05, 0) is 99.2 Å². The summed E-state index contributed by atoms with van der Waals surface area (Å²) in [6, 6.07) is 0. The van der Waals surface area contributed by atoms with Gasteiger partial charge in [-0.1, -0.05) is 32.6 Å². The van der Waals surface area contributed by atoms with Crippen LogP contribution in [0.2, 0.25) is 0 Å². The third-order valence-electron chi connectivity index (χ3n) is 9.01. The molecule has 9 unspecified atom stereocenters. The molecule has 24 heavy (non-hydrogen) atoms. The first-order valence-corrected chi connectivity index (χ1v) is 11.4. The second-order valence-corrected chi connectivity index (χ2v) is 10.5. The monoisotopic (exact) mass is 330 g/mol. The second-order valence-electron chi connectivity index (χ2n) is 10.5. The van der Waals surface area contributed by atoms with Crippen molar-refractivity contribution in [2.45, 2.75) is 103 Å². The third kappa shape index (κ3) is 3.19. The van der Waals surface area contributed by atoms with E-state index < -0.39 is 0 Å². The lowest BCUT2D eigenvalue weighted by Gasteiger charge is -2.50. The van der Waals surface area contributed by atoms with Gasteiger partial charge in [0.1, 0.15) is 0 Å². The Morgan fingerprint density at radius 2 is 1.29 bits per heavy atom. The Bertz CT molecular complexity index is 445. The summed E-state index contributed by atoms with van der Waals surface area (Å²) in [5.74, 6) is 7.57. The molecule has 0 aromatic heterocycles. The molecule has 0 N–H and O–H groups in total. The van der Waals surface area contributed by atoms with Crippen LogP contribution >= 0.6 is 0 Å². The standard InChI is InChI=1S/C23H38O/c1-15-2-9-20-18(12-15)7-8-19-13-16(5-10-21(19)20)3-4-17-6-11-22-23(14-17)24-22/h15-23H,2-14H2,1H3. The first-order valence-electron chi connectivity index (χ1n) is 11.4. The minimum atomic E-state index is 0.684. The quantitative estimate of drug-likeness (QED) is 0.560. The molecule has 1 nitrogen and oxygen atoms in total. The number of epoxide rings is 1. The molecule has 0 spiro atoms. The van der Waals surface area contributed by atoms with E-state index in [1.807, 2.05) is 0 Å². The van der Waals surface area contributed by atoms with E-state index in [0.717, 1.165) is 41.4 Å². The maximum atomic E-state index is 5.73. The number of hydrogen-bond acceptors (Lipinski definition) is 1. The van der Waals surface area contributed by atoms with Gasteiger partial charge in [0, 0.05) is 0 Å². The minimum absolute atomic E-state index is 0.684. The highest BCUT2D eigenvalue weighted by Gasteiger charge is 2.45. The summed E-state index contributed by atoms with van der Waals surface area (Å²) >= 11 is 0. The summed E-state index contributed by atoms with van der Waals surface area (Å²) in [7, 11) is 0. The summed E-state index contributed by atoms with van der Waals surface area (Å²) in [6.45, 7) is 2.50. The molecular formula is C23H38O. The molecule has 5 fully saturated rings. The third-order valence-corrected chi connectivity index (χ3v) is 9.01. The van der Waals surface area contributed by atoms with E-state index in [2.05, 4.69) is 6.92 Å². The lowest BCUT2D eigenvalue weighted by atomic mass is 9.55. The van der Waals surface area contributed by atoms with Gasteiger partial charge >= 0.3 is 0 Å². The van der Waals surface area contributed by atoms with E-state index in [1.54, 1.807) is 44.9 Å². The number of fused-ring (bicyclic) bond motifs is 4. The van der Waals surface area contributed by atoms with Crippen LogP contribution in [0.5, 0.6) is 0 Å². The summed E-state index contributed by atoms with van der Waals surface area (Å²) in [5, 5.41) is 0. The molecule has 5 rings (SSSR count). The molecule has 136 valence electrons. The van der Waals surface area contributed by atoms with Crippen LogP contribution in [0.1, 0.15) is 90.4 Å². The van der Waals surface area contributed by atoms with Crippen molar-refractivity contribution in [3.8, 4) is 0 Å². The molecule has 1 heteroatoms. The lowest BCUT2D eigenvalue weighted by molar-refractivity contribution is -0.00167. The van der Waals surface area contributed by atoms with Crippen molar-refractivity contribution in [2.75, 3.05) is 0 Å². The molecule has 4 saturated carbocycles. The van der Waals surface area contributed by atoms with Crippen molar-refractivity contribution in [2.24, 2.45) is 41.4 Å². The molecule has 0 bridgehead atoms. The van der Waals surface area contributed by atoms with Gasteiger partial charge in [0.25, 0.3) is 0 Å². The van der Waals surface area contributed by atoms with Crippen molar-refractivity contribution < 1.29 is 4.74 Å². The predicted octanol–water partition coefficient (Wildman–Crippen LogP) is 6.21. The van der Waals surface area contributed by atoms with Gasteiger partial charge in [0.05, 0.1) is 12.2 Å². The SMILES string of the molecule is CC1CCC2C(CCC3CC(CCC4CCC5OC5C4)CCC32)C1. The Labute approximate surface area is 149 Å². The smallest absolute Gasteiger partial charge is 0.0844 e. The highest BCUT2D eigenvalue weighted by molar-refractivity contribution is 4.95. The average molecular weight is 331 g/mol. The van der Waals surface area contributed by atoms with Crippen LogP contribution in [0.4, 0.5) is 0 Å². The van der Waals surface area contributed by atoms with Crippen LogP contribution in [0.3, 0.4) is 0 Å². The molecule has 1 aliphatic heterocycles. The molecule has 5 aliphatic rings. The molecule has 0 radical (unpaired) electrons. The second kappa shape index (κ2) is 6.60. The Balaban J connectivity index is 1.12. The van der Waals surface area contributed by atoms with E-state index in [1.165, 1.54) is 38.5 Å². The topological polar surface area (TPSA) is 12.5 Å². The fourth-order valence-corrected chi connectivity index (χ4v) is 7.61. The number of rotatable bonds is 3. The van der Waals surface area contributed by atoms with Gasteiger partial charge in [-0.25, -0.2) is 0 Å². The Morgan fingerprint density at radius 1 is 0.625 bits per heavy atom. The summed E-state index contributed by atoms with van der Waals surface area (Å²) in [5.41, 5.74) is 0. The van der Waals surface area contributed by atoms with Crippen LogP contribution in [0, 0.1) is 41.4 Å². The van der Waals surface area contributed by atoms with E-state index in [9.17, 15) is 0 Å². The summed E-state index contributed by atoms with van der Waals surface area (Å²) in [4.78, 5) is 0. The minimum Gasteiger partial charge on any atom is -0.370 e. The van der Waals surface area contributed by atoms with Gasteiger partial charge < -0.3 is 4.74 Å². The van der Waals surface area contributed by atoms with Gasteiger partial charge in [-0.3, -0.25) is 0 Å². The van der Waals surface area contributed by atoms with Gasteiger partial charge in [0.15, 0.2) is 0 Å². The largest absolute Gasteiger partial charge is 0.370 e. The maximum Gasteiger partial charge on any atom is 0.0844 e. The molecular weight excluding hydrogens is 292 g/mol. The summed E-state index contributed by atoms with van der Waals surface area (Å²) < 4.78 is 5.73. The van der Waals surface area contributed by atoms with E-state index in [4.69, 9.17) is 4.74 Å². The first kappa shape index (κ1) is 16.2. The van der Waals surface area contributed by atoms with Crippen LogP contribution in [0.15, 0.2) is 0 Å². The summed E-state index contributed by atoms with van der Waals surface area (Å²) in [6.07, 6.45) is 21.2. The number of hydrogen-bond donors (Lipinski definition) is 0. The first-order chi connectivity index (χ1) is 11.8. The van der Waals surface area contributed by atoms with Crippen molar-refractivity contribution in [3.05, 3.63) is 0 Å². The van der Waals surface area contributed by atoms with Gasteiger partial charge in [-0.2, -0.15) is 0 Å². The molecule has 0 amide bonds. The van der Waals surface area contributed by atoms with Crippen molar-refractivity contribution in [1.82, 2.24) is 0 Å². The van der Waals surface area contributed by atoms with Crippen LogP contribution in [-0.2, 0) is 4.74 Å². The molecule has 1 heterocycles. The predicted molar refractivity (Wildman–Crippen MR) is 98.8 cm³/mol. The van der Waals surface area contributed by atoms with Gasteiger partial charge in [0.2, 0.25) is 0 Å². The molecule has 0 aromatic carbocycles. The normalized spacial score (nSPS) is 53.6. The zero-order valence-corrected chi connectivity index (χ0v) is 15.8.